The van der Waals surface area contributed by atoms with Crippen LogP contribution in [0.25, 0.3) is 11.1 Å². The Morgan fingerprint density at radius 1 is 1.11 bits per heavy atom. The standard InChI is InChI=1S/C20H17N3O4/c1-23-17(19(24)25)10-18(22-23)21-20(26)27-11-16-14-8-4-2-6-12(14)13-7-3-5-9-15(13)16/h2-10,16H,11H2,1H3,(H,24,25)(H,21,22,26). The minimum Gasteiger partial charge on any atom is -0.477 e. The van der Waals surface area contributed by atoms with E-state index >= 15 is 0 Å². The zero-order valence-electron chi connectivity index (χ0n) is 14.5. The largest absolute Gasteiger partial charge is 0.477 e. The predicted octanol–water partition coefficient (Wildman–Crippen LogP) is 3.48. The monoisotopic (exact) mass is 363 g/mol. The maximum Gasteiger partial charge on any atom is 0.412 e. The van der Waals surface area contributed by atoms with Gasteiger partial charge in [-0.2, -0.15) is 5.10 Å². The summed E-state index contributed by atoms with van der Waals surface area (Å²) in [5.74, 6) is -1.03. The molecule has 1 heterocycles. The van der Waals surface area contributed by atoms with Crippen molar-refractivity contribution in [1.82, 2.24) is 9.78 Å². The first-order valence-corrected chi connectivity index (χ1v) is 8.44. The first kappa shape index (κ1) is 16.8. The van der Waals surface area contributed by atoms with Crippen molar-refractivity contribution in [3.05, 3.63) is 71.4 Å². The van der Waals surface area contributed by atoms with E-state index in [1.165, 1.54) is 17.8 Å². The van der Waals surface area contributed by atoms with Crippen molar-refractivity contribution in [2.45, 2.75) is 5.92 Å². The van der Waals surface area contributed by atoms with Crippen molar-refractivity contribution in [2.24, 2.45) is 7.05 Å². The molecule has 0 fully saturated rings. The lowest BCUT2D eigenvalue weighted by molar-refractivity contribution is 0.0685. The van der Waals surface area contributed by atoms with E-state index in [4.69, 9.17) is 9.84 Å². The van der Waals surface area contributed by atoms with Gasteiger partial charge in [0, 0.05) is 19.0 Å². The number of anilines is 1. The predicted molar refractivity (Wildman–Crippen MR) is 98.9 cm³/mol. The molecule has 27 heavy (non-hydrogen) atoms. The van der Waals surface area contributed by atoms with Gasteiger partial charge >= 0.3 is 12.1 Å². The Labute approximate surface area is 155 Å². The number of carbonyl (C=O) groups excluding carboxylic acids is 1. The molecule has 0 radical (unpaired) electrons. The lowest BCUT2D eigenvalue weighted by atomic mass is 9.98. The Hall–Kier alpha value is -3.61. The molecule has 2 aromatic carbocycles. The van der Waals surface area contributed by atoms with Gasteiger partial charge in [0.2, 0.25) is 0 Å². The van der Waals surface area contributed by atoms with Gasteiger partial charge in [0.15, 0.2) is 5.82 Å². The highest BCUT2D eigenvalue weighted by molar-refractivity contribution is 5.89. The van der Waals surface area contributed by atoms with Crippen molar-refractivity contribution < 1.29 is 19.4 Å². The Kier molecular flexibility index (Phi) is 4.12. The van der Waals surface area contributed by atoms with Crippen molar-refractivity contribution in [2.75, 3.05) is 11.9 Å². The van der Waals surface area contributed by atoms with Gasteiger partial charge in [-0.3, -0.25) is 10.00 Å². The molecule has 1 aliphatic rings. The number of carbonyl (C=O) groups is 2. The van der Waals surface area contributed by atoms with E-state index in [9.17, 15) is 9.59 Å². The third kappa shape index (κ3) is 3.03. The van der Waals surface area contributed by atoms with Crippen LogP contribution in [0, 0.1) is 0 Å². The van der Waals surface area contributed by atoms with Gasteiger partial charge in [0.25, 0.3) is 0 Å². The van der Waals surface area contributed by atoms with E-state index < -0.39 is 12.1 Å². The third-order valence-corrected chi connectivity index (χ3v) is 4.67. The van der Waals surface area contributed by atoms with Crippen LogP contribution < -0.4 is 5.32 Å². The van der Waals surface area contributed by atoms with Crippen LogP contribution in [0.1, 0.15) is 27.5 Å². The summed E-state index contributed by atoms with van der Waals surface area (Å²) in [6.45, 7) is 0.179. The van der Waals surface area contributed by atoms with Crippen LogP contribution >= 0.6 is 0 Å². The molecule has 0 spiro atoms. The number of carboxylic acids is 1. The molecule has 0 unspecified atom stereocenters. The SMILES string of the molecule is Cn1nc(NC(=O)OCC2c3ccccc3-c3ccccc32)cc1C(=O)O. The number of aryl methyl sites for hydroxylation is 1. The molecule has 136 valence electrons. The fraction of sp³-hybridized carbons (Fsp3) is 0.150. The first-order chi connectivity index (χ1) is 13.0. The van der Waals surface area contributed by atoms with Gasteiger partial charge in [0.1, 0.15) is 12.3 Å². The second-order valence-corrected chi connectivity index (χ2v) is 6.29. The normalized spacial score (nSPS) is 12.3. The Morgan fingerprint density at radius 3 is 2.26 bits per heavy atom. The maximum absolute atomic E-state index is 12.2. The number of carboxylic acid groups (broad SMARTS) is 1. The number of rotatable bonds is 4. The minimum absolute atomic E-state index is 0.0241. The molecule has 3 aromatic rings. The molecule has 0 bridgehead atoms. The van der Waals surface area contributed by atoms with Crippen LogP contribution in [0.5, 0.6) is 0 Å². The molecule has 2 N–H and O–H groups in total. The van der Waals surface area contributed by atoms with Crippen molar-refractivity contribution >= 4 is 17.9 Å². The number of fused-ring (bicyclic) bond motifs is 3. The van der Waals surface area contributed by atoms with E-state index in [2.05, 4.69) is 22.5 Å². The number of aromatic carboxylic acids is 1. The van der Waals surface area contributed by atoms with Crippen LogP contribution in [0.3, 0.4) is 0 Å². The fourth-order valence-corrected chi connectivity index (χ4v) is 3.47. The van der Waals surface area contributed by atoms with Crippen LogP contribution in [-0.4, -0.2) is 33.6 Å². The van der Waals surface area contributed by atoms with Crippen LogP contribution in [0.15, 0.2) is 54.6 Å². The number of amides is 1. The Balaban J connectivity index is 1.48. The highest BCUT2D eigenvalue weighted by Gasteiger charge is 2.29. The molecular formula is C20H17N3O4. The van der Waals surface area contributed by atoms with Crippen molar-refractivity contribution in [3.63, 3.8) is 0 Å². The van der Waals surface area contributed by atoms with Gasteiger partial charge in [0.05, 0.1) is 0 Å². The van der Waals surface area contributed by atoms with E-state index in [0.29, 0.717) is 0 Å². The number of hydrogen-bond donors (Lipinski definition) is 2. The van der Waals surface area contributed by atoms with Gasteiger partial charge < -0.3 is 9.84 Å². The van der Waals surface area contributed by atoms with Gasteiger partial charge in [-0.15, -0.1) is 0 Å². The molecule has 4 rings (SSSR count). The van der Waals surface area contributed by atoms with Gasteiger partial charge in [-0.05, 0) is 22.3 Å². The molecule has 7 nitrogen and oxygen atoms in total. The number of benzene rings is 2. The van der Waals surface area contributed by atoms with Gasteiger partial charge in [-0.1, -0.05) is 48.5 Å². The summed E-state index contributed by atoms with van der Waals surface area (Å²) >= 11 is 0. The Bertz CT molecular complexity index is 996. The highest BCUT2D eigenvalue weighted by Crippen LogP contribution is 2.44. The average Bonchev–Trinajstić information content (AvgIpc) is 3.18. The lowest BCUT2D eigenvalue weighted by Gasteiger charge is -2.14. The summed E-state index contributed by atoms with van der Waals surface area (Å²) in [6, 6.07) is 17.4. The first-order valence-electron chi connectivity index (χ1n) is 8.44. The lowest BCUT2D eigenvalue weighted by Crippen LogP contribution is -2.18. The van der Waals surface area contributed by atoms with E-state index in [0.717, 1.165) is 22.3 Å². The third-order valence-electron chi connectivity index (χ3n) is 4.67. The number of aromatic nitrogens is 2. The topological polar surface area (TPSA) is 93.5 Å². The molecule has 0 atom stereocenters. The Morgan fingerprint density at radius 2 is 1.70 bits per heavy atom. The smallest absolute Gasteiger partial charge is 0.412 e. The minimum atomic E-state index is -1.12. The van der Waals surface area contributed by atoms with Gasteiger partial charge in [-0.25, -0.2) is 9.59 Å². The number of ether oxygens (including phenoxy) is 1. The van der Waals surface area contributed by atoms with Crippen LogP contribution in [-0.2, 0) is 11.8 Å². The zero-order chi connectivity index (χ0) is 19.0. The van der Waals surface area contributed by atoms with Crippen LogP contribution in [0.2, 0.25) is 0 Å². The highest BCUT2D eigenvalue weighted by atomic mass is 16.5. The summed E-state index contributed by atoms with van der Waals surface area (Å²) < 4.78 is 6.59. The second-order valence-electron chi connectivity index (χ2n) is 6.29. The summed E-state index contributed by atoms with van der Waals surface area (Å²) in [5.41, 5.74) is 4.52. The average molecular weight is 363 g/mol. The molecule has 7 heteroatoms. The molecule has 1 amide bonds. The molecule has 1 aromatic heterocycles. The van der Waals surface area contributed by atoms with E-state index in [1.807, 2.05) is 36.4 Å². The number of nitrogens with one attached hydrogen (secondary N) is 1. The van der Waals surface area contributed by atoms with Crippen molar-refractivity contribution in [1.29, 1.82) is 0 Å². The number of hydrogen-bond acceptors (Lipinski definition) is 4. The van der Waals surface area contributed by atoms with E-state index in [1.54, 1.807) is 0 Å². The molecular weight excluding hydrogens is 346 g/mol. The number of nitrogens with zero attached hydrogens (tertiary/aromatic N) is 2. The molecule has 1 aliphatic carbocycles. The van der Waals surface area contributed by atoms with E-state index in [-0.39, 0.29) is 24.0 Å². The molecule has 0 saturated carbocycles. The molecule has 0 aliphatic heterocycles. The summed E-state index contributed by atoms with van der Waals surface area (Å²) in [5, 5.41) is 15.5. The molecule has 0 saturated heterocycles. The summed E-state index contributed by atoms with van der Waals surface area (Å²) in [4.78, 5) is 23.2. The summed E-state index contributed by atoms with van der Waals surface area (Å²) in [7, 11) is 1.49. The quantitative estimate of drug-likeness (QED) is 0.740. The second kappa shape index (κ2) is 6.60. The van der Waals surface area contributed by atoms with Crippen LogP contribution in [0.4, 0.5) is 10.6 Å². The zero-order valence-corrected chi connectivity index (χ0v) is 14.5. The fourth-order valence-electron chi connectivity index (χ4n) is 3.47. The maximum atomic E-state index is 12.2. The summed E-state index contributed by atoms with van der Waals surface area (Å²) in [6.07, 6.45) is -0.674. The van der Waals surface area contributed by atoms with Crippen molar-refractivity contribution in [3.8, 4) is 11.1 Å².